The number of benzene rings is 1. The second-order valence-corrected chi connectivity index (χ2v) is 4.36. The van der Waals surface area contributed by atoms with Gasteiger partial charge in [0.1, 0.15) is 11.5 Å². The van der Waals surface area contributed by atoms with Crippen LogP contribution in [0.15, 0.2) is 18.2 Å². The molecule has 4 heteroatoms. The lowest BCUT2D eigenvalue weighted by Crippen LogP contribution is -2.07. The second kappa shape index (κ2) is 5.67. The molecule has 0 N–H and O–H groups in total. The predicted octanol–water partition coefficient (Wildman–Crippen LogP) is 2.15. The Morgan fingerprint density at radius 1 is 1.39 bits per heavy atom. The molecule has 1 aliphatic rings. The van der Waals surface area contributed by atoms with Gasteiger partial charge in [-0.1, -0.05) is 0 Å². The highest BCUT2D eigenvalue weighted by molar-refractivity contribution is 5.90. The first-order chi connectivity index (χ1) is 8.66. The van der Waals surface area contributed by atoms with Crippen LogP contribution in [0.3, 0.4) is 0 Å². The zero-order valence-corrected chi connectivity index (χ0v) is 10.4. The number of rotatable bonds is 5. The van der Waals surface area contributed by atoms with Gasteiger partial charge in [0.2, 0.25) is 0 Å². The maximum absolute atomic E-state index is 11.7. The van der Waals surface area contributed by atoms with Crippen LogP contribution in [0.4, 0.5) is 0 Å². The second-order valence-electron chi connectivity index (χ2n) is 4.36. The Balaban J connectivity index is 1.87. The number of carbonyl (C=O) groups is 2. The lowest BCUT2D eigenvalue weighted by molar-refractivity contribution is -0.117. The van der Waals surface area contributed by atoms with Crippen LogP contribution in [-0.4, -0.2) is 25.0 Å². The highest BCUT2D eigenvalue weighted by Gasteiger charge is 2.15. The molecule has 1 aliphatic heterocycles. The third-order valence-corrected chi connectivity index (χ3v) is 2.83. The molecule has 0 aliphatic carbocycles. The van der Waals surface area contributed by atoms with Crippen LogP contribution >= 0.6 is 0 Å². The highest BCUT2D eigenvalue weighted by Crippen LogP contribution is 2.26. The van der Waals surface area contributed by atoms with Gasteiger partial charge in [-0.3, -0.25) is 0 Å². The Morgan fingerprint density at radius 3 is 3.00 bits per heavy atom. The molecule has 0 fully saturated rings. The molecule has 1 heterocycles. The van der Waals surface area contributed by atoms with Crippen LogP contribution in [-0.2, 0) is 16.0 Å². The minimum atomic E-state index is -0.340. The molecule has 1 aromatic carbocycles. The van der Waals surface area contributed by atoms with Gasteiger partial charge >= 0.3 is 5.97 Å². The summed E-state index contributed by atoms with van der Waals surface area (Å²) in [5.41, 5.74) is 1.59. The summed E-state index contributed by atoms with van der Waals surface area (Å²) in [5.74, 6) is 0.622. The third kappa shape index (κ3) is 3.09. The van der Waals surface area contributed by atoms with Crippen LogP contribution in [0.1, 0.15) is 35.7 Å². The van der Waals surface area contributed by atoms with Gasteiger partial charge in [0, 0.05) is 12.8 Å². The molecule has 0 amide bonds. The minimum Gasteiger partial charge on any atom is -0.493 e. The summed E-state index contributed by atoms with van der Waals surface area (Å²) in [6.45, 7) is 2.49. The van der Waals surface area contributed by atoms with Crippen molar-refractivity contribution in [1.29, 1.82) is 0 Å². The summed E-state index contributed by atoms with van der Waals surface area (Å²) in [5, 5.41) is 0. The van der Waals surface area contributed by atoms with Gasteiger partial charge in [-0.15, -0.1) is 0 Å². The highest BCUT2D eigenvalue weighted by atomic mass is 16.5. The van der Waals surface area contributed by atoms with E-state index in [9.17, 15) is 9.59 Å². The molecule has 96 valence electrons. The van der Waals surface area contributed by atoms with Gasteiger partial charge in [0.15, 0.2) is 0 Å². The van der Waals surface area contributed by atoms with Crippen LogP contribution in [0.2, 0.25) is 0 Å². The van der Waals surface area contributed by atoms with Crippen molar-refractivity contribution in [1.82, 2.24) is 0 Å². The van der Waals surface area contributed by atoms with Crippen LogP contribution in [0.5, 0.6) is 5.75 Å². The quantitative estimate of drug-likeness (QED) is 0.592. The van der Waals surface area contributed by atoms with Gasteiger partial charge < -0.3 is 14.3 Å². The van der Waals surface area contributed by atoms with Crippen LogP contribution in [0.25, 0.3) is 0 Å². The van der Waals surface area contributed by atoms with E-state index in [1.54, 1.807) is 12.1 Å². The normalized spacial score (nSPS) is 12.7. The summed E-state index contributed by atoms with van der Waals surface area (Å²) in [7, 11) is 0. The zero-order valence-electron chi connectivity index (χ0n) is 10.4. The molecule has 1 aromatic rings. The summed E-state index contributed by atoms with van der Waals surface area (Å²) >= 11 is 0. The van der Waals surface area contributed by atoms with Crippen molar-refractivity contribution in [3.8, 4) is 5.75 Å². The largest absolute Gasteiger partial charge is 0.493 e. The molecule has 0 unspecified atom stereocenters. The number of hydrogen-bond donors (Lipinski definition) is 0. The van der Waals surface area contributed by atoms with Gasteiger partial charge in [0.25, 0.3) is 0 Å². The van der Waals surface area contributed by atoms with Crippen molar-refractivity contribution in [2.45, 2.75) is 26.2 Å². The number of carbonyl (C=O) groups excluding carboxylic acids is 2. The molecule has 4 nitrogen and oxygen atoms in total. The Kier molecular flexibility index (Phi) is 3.97. The number of ketones is 1. The fourth-order valence-corrected chi connectivity index (χ4v) is 1.88. The average Bonchev–Trinajstić information content (AvgIpc) is 2.81. The Bertz CT molecular complexity index is 465. The van der Waals surface area contributed by atoms with E-state index in [4.69, 9.17) is 9.47 Å². The molecule has 0 atom stereocenters. The van der Waals surface area contributed by atoms with E-state index in [2.05, 4.69) is 0 Å². The standard InChI is InChI=1S/C14H16O4/c1-10(15)3-2-7-18-14(16)12-4-5-13-11(9-12)6-8-17-13/h4-5,9H,2-3,6-8H2,1H3. The Labute approximate surface area is 106 Å². The molecule has 0 saturated carbocycles. The number of esters is 1. The molecule has 0 spiro atoms. The smallest absolute Gasteiger partial charge is 0.338 e. The number of fused-ring (bicyclic) bond motifs is 1. The van der Waals surface area contributed by atoms with Crippen molar-refractivity contribution in [2.75, 3.05) is 13.2 Å². The molecular formula is C14H16O4. The Hall–Kier alpha value is -1.84. The summed E-state index contributed by atoms with van der Waals surface area (Å²) in [4.78, 5) is 22.5. The van der Waals surface area contributed by atoms with Crippen molar-refractivity contribution < 1.29 is 19.1 Å². The zero-order chi connectivity index (χ0) is 13.0. The van der Waals surface area contributed by atoms with E-state index in [-0.39, 0.29) is 18.4 Å². The average molecular weight is 248 g/mol. The van der Waals surface area contributed by atoms with Crippen molar-refractivity contribution >= 4 is 11.8 Å². The topological polar surface area (TPSA) is 52.6 Å². The van der Waals surface area contributed by atoms with E-state index in [0.29, 0.717) is 25.0 Å². The van der Waals surface area contributed by atoms with Crippen molar-refractivity contribution in [3.05, 3.63) is 29.3 Å². The minimum absolute atomic E-state index is 0.112. The van der Waals surface area contributed by atoms with Crippen LogP contribution in [0, 0.1) is 0 Å². The lowest BCUT2D eigenvalue weighted by atomic mass is 10.1. The summed E-state index contributed by atoms with van der Waals surface area (Å²) in [6.07, 6.45) is 1.86. The molecule has 18 heavy (non-hydrogen) atoms. The molecule has 0 aromatic heterocycles. The first kappa shape index (κ1) is 12.6. The van der Waals surface area contributed by atoms with Crippen molar-refractivity contribution in [2.24, 2.45) is 0 Å². The van der Waals surface area contributed by atoms with Gasteiger partial charge in [0.05, 0.1) is 18.8 Å². The predicted molar refractivity (Wildman–Crippen MR) is 65.8 cm³/mol. The van der Waals surface area contributed by atoms with E-state index in [1.165, 1.54) is 6.92 Å². The first-order valence-electron chi connectivity index (χ1n) is 6.09. The monoisotopic (exact) mass is 248 g/mol. The fourth-order valence-electron chi connectivity index (χ4n) is 1.88. The number of hydrogen-bond acceptors (Lipinski definition) is 4. The molecule has 0 radical (unpaired) electrons. The third-order valence-electron chi connectivity index (χ3n) is 2.83. The first-order valence-corrected chi connectivity index (χ1v) is 6.09. The fraction of sp³-hybridized carbons (Fsp3) is 0.429. The number of ether oxygens (including phenoxy) is 2. The van der Waals surface area contributed by atoms with E-state index >= 15 is 0 Å². The maximum atomic E-state index is 11.7. The van der Waals surface area contributed by atoms with Crippen molar-refractivity contribution in [3.63, 3.8) is 0 Å². The van der Waals surface area contributed by atoms with E-state index in [0.717, 1.165) is 17.7 Å². The molecular weight excluding hydrogens is 232 g/mol. The van der Waals surface area contributed by atoms with E-state index < -0.39 is 0 Å². The summed E-state index contributed by atoms with van der Waals surface area (Å²) < 4.78 is 10.5. The Morgan fingerprint density at radius 2 is 2.22 bits per heavy atom. The van der Waals surface area contributed by atoms with Gasteiger partial charge in [-0.25, -0.2) is 4.79 Å². The van der Waals surface area contributed by atoms with Gasteiger partial charge in [-0.05, 0) is 37.1 Å². The van der Waals surface area contributed by atoms with E-state index in [1.807, 2.05) is 6.07 Å². The molecule has 2 rings (SSSR count). The SMILES string of the molecule is CC(=O)CCCOC(=O)c1ccc2c(c1)CCO2. The number of Topliss-reactive ketones (excluding diaryl/α,β-unsaturated/α-hetero) is 1. The van der Waals surface area contributed by atoms with Crippen LogP contribution < -0.4 is 4.74 Å². The summed E-state index contributed by atoms with van der Waals surface area (Å²) in [6, 6.07) is 5.32. The lowest BCUT2D eigenvalue weighted by Gasteiger charge is -2.05. The van der Waals surface area contributed by atoms with Gasteiger partial charge in [-0.2, -0.15) is 0 Å². The maximum Gasteiger partial charge on any atom is 0.338 e. The molecule has 0 bridgehead atoms. The molecule has 0 saturated heterocycles.